The van der Waals surface area contributed by atoms with Crippen LogP contribution in [0.25, 0.3) is 0 Å². The normalized spacial score (nSPS) is 15.6. The fourth-order valence-electron chi connectivity index (χ4n) is 3.13. The zero-order valence-electron chi connectivity index (χ0n) is 19.2. The van der Waals surface area contributed by atoms with Gasteiger partial charge in [-0.05, 0) is 46.2 Å². The molecule has 0 saturated carbocycles. The lowest BCUT2D eigenvalue weighted by Gasteiger charge is -2.31. The molecular formula is C22H30N2O7S. The average molecular weight is 467 g/mol. The number of benzene rings is 1. The fraction of sp³-hybridized carbons (Fsp3) is 0.500. The van der Waals surface area contributed by atoms with Crippen LogP contribution in [0.4, 0.5) is 4.79 Å². The van der Waals surface area contributed by atoms with E-state index < -0.39 is 39.6 Å². The molecule has 1 atom stereocenters. The number of ether oxygens (including phenoxy) is 2. The number of amides is 2. The first kappa shape index (κ1) is 25.4. The average Bonchev–Trinajstić information content (AvgIpc) is 2.71. The van der Waals surface area contributed by atoms with E-state index in [4.69, 9.17) is 9.47 Å². The van der Waals surface area contributed by atoms with Gasteiger partial charge in [0.05, 0.1) is 12.0 Å². The zero-order chi connectivity index (χ0) is 24.3. The van der Waals surface area contributed by atoms with E-state index in [0.717, 1.165) is 14.8 Å². The van der Waals surface area contributed by atoms with Crippen LogP contribution in [-0.4, -0.2) is 67.9 Å². The second-order valence-corrected chi connectivity index (χ2v) is 10.4. The molecular weight excluding hydrogens is 436 g/mol. The van der Waals surface area contributed by atoms with E-state index in [1.807, 2.05) is 6.92 Å². The van der Waals surface area contributed by atoms with Gasteiger partial charge in [-0.15, -0.1) is 0 Å². The van der Waals surface area contributed by atoms with Crippen LogP contribution in [0, 0.1) is 6.92 Å². The van der Waals surface area contributed by atoms with Gasteiger partial charge >= 0.3 is 12.1 Å². The fourth-order valence-corrected chi connectivity index (χ4v) is 4.54. The van der Waals surface area contributed by atoms with Crippen molar-refractivity contribution >= 4 is 28.0 Å². The van der Waals surface area contributed by atoms with Crippen molar-refractivity contribution in [3.63, 3.8) is 0 Å². The number of hydrogen-bond donors (Lipinski definition) is 0. The minimum absolute atomic E-state index is 0.00749. The molecule has 9 nitrogen and oxygen atoms in total. The number of nitrogens with zero attached hydrogens (tertiary/aromatic N) is 2. The van der Waals surface area contributed by atoms with Gasteiger partial charge in [-0.1, -0.05) is 23.8 Å². The molecule has 0 saturated heterocycles. The predicted octanol–water partition coefficient (Wildman–Crippen LogP) is 2.64. The van der Waals surface area contributed by atoms with Gasteiger partial charge in [0.25, 0.3) is 15.9 Å². The van der Waals surface area contributed by atoms with Crippen molar-refractivity contribution in [3.8, 4) is 0 Å². The number of hydrogen-bond acceptors (Lipinski definition) is 7. The van der Waals surface area contributed by atoms with Gasteiger partial charge < -0.3 is 9.47 Å². The molecule has 0 aromatic heterocycles. The number of methoxy groups -OCH3 is 1. The number of rotatable bonds is 6. The number of esters is 1. The van der Waals surface area contributed by atoms with Gasteiger partial charge in [0.1, 0.15) is 11.6 Å². The maximum Gasteiger partial charge on any atom is 0.410 e. The molecule has 0 bridgehead atoms. The second-order valence-electron chi connectivity index (χ2n) is 8.55. The highest BCUT2D eigenvalue weighted by Gasteiger charge is 2.37. The Kier molecular flexibility index (Phi) is 7.71. The Morgan fingerprint density at radius 3 is 2.31 bits per heavy atom. The summed E-state index contributed by atoms with van der Waals surface area (Å²) in [5.41, 5.74) is 0.212. The van der Waals surface area contributed by atoms with Crippen LogP contribution in [0.2, 0.25) is 0 Å². The Morgan fingerprint density at radius 1 is 1.19 bits per heavy atom. The van der Waals surface area contributed by atoms with Crippen molar-refractivity contribution in [2.75, 3.05) is 20.7 Å². The molecule has 0 aliphatic carbocycles. The van der Waals surface area contributed by atoms with Crippen molar-refractivity contribution in [2.45, 2.75) is 57.1 Å². The molecule has 1 aliphatic rings. The van der Waals surface area contributed by atoms with Crippen LogP contribution in [0.3, 0.4) is 0 Å². The van der Waals surface area contributed by atoms with E-state index in [-0.39, 0.29) is 29.9 Å². The molecule has 0 spiro atoms. The van der Waals surface area contributed by atoms with Gasteiger partial charge in [-0.3, -0.25) is 9.69 Å². The quantitative estimate of drug-likeness (QED) is 0.593. The highest BCUT2D eigenvalue weighted by Crippen LogP contribution is 2.26. The van der Waals surface area contributed by atoms with E-state index in [0.29, 0.717) is 0 Å². The van der Waals surface area contributed by atoms with Crippen LogP contribution < -0.4 is 0 Å². The Bertz CT molecular complexity index is 1010. The number of likely N-dealkylation sites (N-methyl/N-ethyl adjacent to an activating group) is 1. The summed E-state index contributed by atoms with van der Waals surface area (Å²) in [7, 11) is -1.53. The van der Waals surface area contributed by atoms with Gasteiger partial charge in [-0.25, -0.2) is 22.3 Å². The summed E-state index contributed by atoms with van der Waals surface area (Å²) >= 11 is 0. The lowest BCUT2D eigenvalue weighted by atomic mass is 10.0. The molecule has 0 radical (unpaired) electrons. The van der Waals surface area contributed by atoms with Gasteiger partial charge in [0.15, 0.2) is 0 Å². The van der Waals surface area contributed by atoms with E-state index >= 15 is 0 Å². The molecule has 176 valence electrons. The lowest BCUT2D eigenvalue weighted by Crippen LogP contribution is -2.47. The SMILES string of the molecule is COC(=O)C(CC1=CCCN(S(=O)(=O)c2ccc(C)cc2)C1=O)N(C)C(=O)OC(C)(C)C. The van der Waals surface area contributed by atoms with Crippen LogP contribution in [-0.2, 0) is 29.1 Å². The maximum absolute atomic E-state index is 13.1. The monoisotopic (exact) mass is 466 g/mol. The first-order valence-corrected chi connectivity index (χ1v) is 11.6. The van der Waals surface area contributed by atoms with Crippen molar-refractivity contribution in [2.24, 2.45) is 0 Å². The maximum atomic E-state index is 13.1. The molecule has 1 aromatic carbocycles. The molecule has 10 heteroatoms. The molecule has 2 rings (SSSR count). The summed E-state index contributed by atoms with van der Waals surface area (Å²) in [6, 6.07) is 5.04. The minimum atomic E-state index is -4.06. The molecule has 0 N–H and O–H groups in total. The molecule has 2 amide bonds. The first-order valence-electron chi connectivity index (χ1n) is 10.1. The molecule has 0 fully saturated rings. The highest BCUT2D eigenvalue weighted by molar-refractivity contribution is 7.89. The molecule has 1 aliphatic heterocycles. The third-order valence-electron chi connectivity index (χ3n) is 4.87. The summed E-state index contributed by atoms with van der Waals surface area (Å²) in [5.74, 6) is -1.48. The summed E-state index contributed by atoms with van der Waals surface area (Å²) in [6.07, 6.45) is 0.903. The van der Waals surface area contributed by atoms with Crippen LogP contribution in [0.5, 0.6) is 0 Å². The number of carbonyl (C=O) groups excluding carboxylic acids is 3. The summed E-state index contributed by atoms with van der Waals surface area (Å²) < 4.78 is 37.0. The van der Waals surface area contributed by atoms with Crippen molar-refractivity contribution in [1.82, 2.24) is 9.21 Å². The third kappa shape index (κ3) is 5.87. The third-order valence-corrected chi connectivity index (χ3v) is 6.67. The summed E-state index contributed by atoms with van der Waals surface area (Å²) in [6.45, 7) is 6.88. The van der Waals surface area contributed by atoms with E-state index in [2.05, 4.69) is 0 Å². The summed E-state index contributed by atoms with van der Waals surface area (Å²) in [4.78, 5) is 39.0. The van der Waals surface area contributed by atoms with Gasteiger partial charge in [0, 0.05) is 25.6 Å². The van der Waals surface area contributed by atoms with Crippen molar-refractivity contribution < 1.29 is 32.3 Å². The second kappa shape index (κ2) is 9.72. The molecule has 32 heavy (non-hydrogen) atoms. The van der Waals surface area contributed by atoms with Crippen molar-refractivity contribution in [3.05, 3.63) is 41.5 Å². The number of sulfonamides is 1. The van der Waals surface area contributed by atoms with E-state index in [9.17, 15) is 22.8 Å². The Hall–Kier alpha value is -2.88. The van der Waals surface area contributed by atoms with Crippen LogP contribution in [0.15, 0.2) is 40.8 Å². The number of aryl methyl sites for hydroxylation is 1. The topological polar surface area (TPSA) is 110 Å². The number of carbonyl (C=O) groups is 3. The largest absolute Gasteiger partial charge is 0.467 e. The van der Waals surface area contributed by atoms with Gasteiger partial charge in [-0.2, -0.15) is 0 Å². The first-order chi connectivity index (χ1) is 14.8. The smallest absolute Gasteiger partial charge is 0.410 e. The minimum Gasteiger partial charge on any atom is -0.467 e. The standard InChI is InChI=1S/C22H30N2O7S/c1-15-9-11-17(12-10-15)32(28,29)24-13-7-8-16(19(24)25)14-18(20(26)30-6)23(5)21(27)31-22(2,3)4/h8-12,18H,7,13-14H2,1-6H3. The highest BCUT2D eigenvalue weighted by atomic mass is 32.2. The molecule has 1 heterocycles. The molecule has 1 unspecified atom stereocenters. The Balaban J connectivity index is 2.28. The summed E-state index contributed by atoms with van der Waals surface area (Å²) in [5, 5.41) is 0. The van der Waals surface area contributed by atoms with Crippen LogP contribution >= 0.6 is 0 Å². The van der Waals surface area contributed by atoms with E-state index in [1.54, 1.807) is 39.0 Å². The lowest BCUT2D eigenvalue weighted by molar-refractivity contribution is -0.146. The van der Waals surface area contributed by atoms with E-state index in [1.165, 1.54) is 26.3 Å². The van der Waals surface area contributed by atoms with Gasteiger partial charge in [0.2, 0.25) is 0 Å². The van der Waals surface area contributed by atoms with Crippen LogP contribution in [0.1, 0.15) is 39.2 Å². The Labute approximate surface area is 189 Å². The molecule has 1 aromatic rings. The zero-order valence-corrected chi connectivity index (χ0v) is 20.1. The Morgan fingerprint density at radius 2 is 1.78 bits per heavy atom. The van der Waals surface area contributed by atoms with Crippen molar-refractivity contribution in [1.29, 1.82) is 0 Å². The predicted molar refractivity (Wildman–Crippen MR) is 117 cm³/mol.